The Morgan fingerprint density at radius 2 is 2.00 bits per heavy atom. The molecule has 0 radical (unpaired) electrons. The van der Waals surface area contributed by atoms with Crippen LogP contribution in [0.4, 0.5) is 0 Å². The number of ether oxygens (including phenoxy) is 1. The van der Waals surface area contributed by atoms with Gasteiger partial charge < -0.3 is 4.74 Å². The average molecular weight is 242 g/mol. The van der Waals surface area contributed by atoms with Gasteiger partial charge >= 0.3 is 0 Å². The highest BCUT2D eigenvalue weighted by Gasteiger charge is 2.04. The molecule has 0 aliphatic carbocycles. The van der Waals surface area contributed by atoms with E-state index in [1.165, 1.54) is 11.8 Å². The van der Waals surface area contributed by atoms with Crippen LogP contribution in [0.25, 0.3) is 0 Å². The molecule has 2 rings (SSSR count). The van der Waals surface area contributed by atoms with Crippen molar-refractivity contribution in [2.45, 2.75) is 9.92 Å². The summed E-state index contributed by atoms with van der Waals surface area (Å²) in [6.07, 6.45) is 1.69. The summed E-state index contributed by atoms with van der Waals surface area (Å²) in [4.78, 5) is 5.23. The first-order valence-electron chi connectivity index (χ1n) is 5.00. The molecule has 0 aliphatic heterocycles. The van der Waals surface area contributed by atoms with Gasteiger partial charge in [-0.2, -0.15) is 5.26 Å². The van der Waals surface area contributed by atoms with Crippen LogP contribution in [0.2, 0.25) is 0 Å². The molecule has 0 saturated carbocycles. The summed E-state index contributed by atoms with van der Waals surface area (Å²) in [5.74, 6) is 0.816. The zero-order valence-corrected chi connectivity index (χ0v) is 10.1. The lowest BCUT2D eigenvalue weighted by Crippen LogP contribution is -1.85. The molecule has 3 nitrogen and oxygen atoms in total. The van der Waals surface area contributed by atoms with Gasteiger partial charge in [0.1, 0.15) is 16.8 Å². The monoisotopic (exact) mass is 242 g/mol. The molecular formula is C13H10N2OS. The number of nitriles is 1. The van der Waals surface area contributed by atoms with Crippen LogP contribution >= 0.6 is 11.8 Å². The van der Waals surface area contributed by atoms with Crippen LogP contribution in [-0.2, 0) is 0 Å². The number of hydrogen-bond acceptors (Lipinski definition) is 4. The molecule has 0 bridgehead atoms. The number of pyridine rings is 1. The van der Waals surface area contributed by atoms with E-state index in [0.29, 0.717) is 5.56 Å². The van der Waals surface area contributed by atoms with E-state index in [1.54, 1.807) is 25.4 Å². The van der Waals surface area contributed by atoms with Crippen LogP contribution in [0.5, 0.6) is 5.75 Å². The van der Waals surface area contributed by atoms with Crippen LogP contribution in [0.1, 0.15) is 5.56 Å². The summed E-state index contributed by atoms with van der Waals surface area (Å²) in [6.45, 7) is 0. The van der Waals surface area contributed by atoms with Crippen molar-refractivity contribution in [2.75, 3.05) is 7.11 Å². The lowest BCUT2D eigenvalue weighted by Gasteiger charge is -2.03. The molecule has 17 heavy (non-hydrogen) atoms. The van der Waals surface area contributed by atoms with Gasteiger partial charge in [-0.25, -0.2) is 4.98 Å². The molecular weight excluding hydrogens is 232 g/mol. The molecule has 0 spiro atoms. The van der Waals surface area contributed by atoms with Crippen molar-refractivity contribution in [3.05, 3.63) is 48.2 Å². The maximum absolute atomic E-state index is 8.96. The van der Waals surface area contributed by atoms with Crippen LogP contribution < -0.4 is 4.74 Å². The first-order chi connectivity index (χ1) is 8.33. The smallest absolute Gasteiger partial charge is 0.119 e. The van der Waals surface area contributed by atoms with E-state index in [0.717, 1.165) is 15.7 Å². The number of hydrogen-bond donors (Lipinski definition) is 0. The van der Waals surface area contributed by atoms with Crippen molar-refractivity contribution in [3.63, 3.8) is 0 Å². The minimum Gasteiger partial charge on any atom is -0.497 e. The second-order valence-corrected chi connectivity index (χ2v) is 4.31. The van der Waals surface area contributed by atoms with Crippen molar-refractivity contribution >= 4 is 11.8 Å². The highest BCUT2D eigenvalue weighted by Crippen LogP contribution is 2.29. The molecule has 1 heterocycles. The van der Waals surface area contributed by atoms with Gasteiger partial charge in [-0.05, 0) is 36.4 Å². The minimum absolute atomic E-state index is 0.591. The lowest BCUT2D eigenvalue weighted by atomic mass is 10.3. The number of methoxy groups -OCH3 is 1. The van der Waals surface area contributed by atoms with E-state index >= 15 is 0 Å². The Morgan fingerprint density at radius 1 is 1.24 bits per heavy atom. The highest BCUT2D eigenvalue weighted by atomic mass is 32.2. The Kier molecular flexibility index (Phi) is 3.63. The van der Waals surface area contributed by atoms with E-state index in [-0.39, 0.29) is 0 Å². The van der Waals surface area contributed by atoms with Crippen molar-refractivity contribution in [1.29, 1.82) is 5.26 Å². The third-order valence-corrected chi connectivity index (χ3v) is 3.19. The van der Waals surface area contributed by atoms with Gasteiger partial charge in [0.15, 0.2) is 0 Å². The molecule has 0 fully saturated rings. The number of benzene rings is 1. The van der Waals surface area contributed by atoms with E-state index < -0.39 is 0 Å². The summed E-state index contributed by atoms with van der Waals surface area (Å²) in [5.41, 5.74) is 0.591. The summed E-state index contributed by atoms with van der Waals surface area (Å²) in [5, 5.41) is 9.68. The van der Waals surface area contributed by atoms with E-state index in [2.05, 4.69) is 11.1 Å². The fraction of sp³-hybridized carbons (Fsp3) is 0.0769. The molecule has 4 heteroatoms. The van der Waals surface area contributed by atoms with E-state index in [4.69, 9.17) is 10.00 Å². The second kappa shape index (κ2) is 5.37. The molecule has 1 aromatic heterocycles. The zero-order chi connectivity index (χ0) is 12.1. The second-order valence-electron chi connectivity index (χ2n) is 3.25. The first kappa shape index (κ1) is 11.5. The molecule has 0 amide bonds. The third kappa shape index (κ3) is 2.77. The number of aromatic nitrogens is 1. The van der Waals surface area contributed by atoms with Gasteiger partial charge in [-0.1, -0.05) is 11.8 Å². The lowest BCUT2D eigenvalue weighted by molar-refractivity contribution is 0.414. The Labute approximate surface area is 104 Å². The molecule has 0 saturated heterocycles. The molecule has 0 N–H and O–H groups in total. The largest absolute Gasteiger partial charge is 0.497 e. The van der Waals surface area contributed by atoms with Gasteiger partial charge in [0.2, 0.25) is 0 Å². The van der Waals surface area contributed by atoms with Gasteiger partial charge in [-0.15, -0.1) is 0 Å². The Bertz CT molecular complexity index is 546. The van der Waals surface area contributed by atoms with Gasteiger partial charge in [0.05, 0.1) is 12.7 Å². The van der Waals surface area contributed by atoms with Crippen molar-refractivity contribution in [2.24, 2.45) is 0 Å². The van der Waals surface area contributed by atoms with Gasteiger partial charge in [0, 0.05) is 11.1 Å². The SMILES string of the molecule is COc1ccc(Sc2ncccc2C#N)cc1. The standard InChI is InChI=1S/C13H10N2OS/c1-16-11-4-6-12(7-5-11)17-13-10(9-14)3-2-8-15-13/h2-8H,1H3. The minimum atomic E-state index is 0.591. The average Bonchev–Trinajstić information content (AvgIpc) is 2.40. The zero-order valence-electron chi connectivity index (χ0n) is 9.25. The van der Waals surface area contributed by atoms with Crippen molar-refractivity contribution in [1.82, 2.24) is 4.98 Å². The van der Waals surface area contributed by atoms with Crippen molar-refractivity contribution < 1.29 is 4.74 Å². The van der Waals surface area contributed by atoms with Crippen LogP contribution in [0.3, 0.4) is 0 Å². The van der Waals surface area contributed by atoms with Crippen molar-refractivity contribution in [3.8, 4) is 11.8 Å². The van der Waals surface area contributed by atoms with E-state index in [9.17, 15) is 0 Å². The topological polar surface area (TPSA) is 45.9 Å². The molecule has 84 valence electrons. The summed E-state index contributed by atoms with van der Waals surface area (Å²) < 4.78 is 5.09. The fourth-order valence-electron chi connectivity index (χ4n) is 1.31. The first-order valence-corrected chi connectivity index (χ1v) is 5.82. The third-order valence-electron chi connectivity index (χ3n) is 2.17. The summed E-state index contributed by atoms with van der Waals surface area (Å²) >= 11 is 1.47. The molecule has 0 unspecified atom stereocenters. The Morgan fingerprint density at radius 3 is 2.65 bits per heavy atom. The highest BCUT2D eigenvalue weighted by molar-refractivity contribution is 7.99. The maximum atomic E-state index is 8.96. The molecule has 0 aliphatic rings. The van der Waals surface area contributed by atoms with Gasteiger partial charge in [-0.3, -0.25) is 0 Å². The number of nitrogens with zero attached hydrogens (tertiary/aromatic N) is 2. The summed E-state index contributed by atoms with van der Waals surface area (Å²) in [7, 11) is 1.63. The van der Waals surface area contributed by atoms with Crippen LogP contribution in [0, 0.1) is 11.3 Å². The molecule has 0 atom stereocenters. The predicted octanol–water partition coefficient (Wildman–Crippen LogP) is 3.11. The number of rotatable bonds is 3. The molecule has 1 aromatic carbocycles. The molecule has 2 aromatic rings. The fourth-order valence-corrected chi connectivity index (χ4v) is 2.15. The maximum Gasteiger partial charge on any atom is 0.119 e. The van der Waals surface area contributed by atoms with Crippen LogP contribution in [-0.4, -0.2) is 12.1 Å². The Hall–Kier alpha value is -1.99. The Balaban J connectivity index is 2.23. The van der Waals surface area contributed by atoms with Gasteiger partial charge in [0.25, 0.3) is 0 Å². The summed E-state index contributed by atoms with van der Waals surface area (Å²) in [6, 6.07) is 13.3. The quantitative estimate of drug-likeness (QED) is 0.829. The predicted molar refractivity (Wildman–Crippen MR) is 66.1 cm³/mol. The van der Waals surface area contributed by atoms with Crippen LogP contribution in [0.15, 0.2) is 52.5 Å². The normalized spacial score (nSPS) is 9.65. The van der Waals surface area contributed by atoms with E-state index in [1.807, 2.05) is 24.3 Å².